The van der Waals surface area contributed by atoms with Gasteiger partial charge in [0.05, 0.1) is 23.9 Å². The third-order valence-electron chi connectivity index (χ3n) is 4.84. The predicted octanol–water partition coefficient (Wildman–Crippen LogP) is 2.99. The highest BCUT2D eigenvalue weighted by Crippen LogP contribution is 2.44. The van der Waals surface area contributed by atoms with Crippen LogP contribution in [0.25, 0.3) is 6.08 Å². The largest absolute Gasteiger partial charge is 0.507 e. The van der Waals surface area contributed by atoms with E-state index in [1.165, 1.54) is 4.68 Å². The third kappa shape index (κ3) is 3.14. The first-order valence-corrected chi connectivity index (χ1v) is 8.82. The maximum atomic E-state index is 12.7. The quantitative estimate of drug-likeness (QED) is 0.687. The van der Waals surface area contributed by atoms with Gasteiger partial charge in [-0.05, 0) is 37.7 Å². The van der Waals surface area contributed by atoms with Crippen LogP contribution in [0.2, 0.25) is 5.02 Å². The highest BCUT2D eigenvalue weighted by Gasteiger charge is 2.37. The van der Waals surface area contributed by atoms with Gasteiger partial charge in [0.25, 0.3) is 0 Å². The molecule has 136 valence electrons. The smallest absolute Gasteiger partial charge is 0.342 e. The van der Waals surface area contributed by atoms with Crippen molar-refractivity contribution in [1.29, 1.82) is 0 Å². The van der Waals surface area contributed by atoms with Crippen molar-refractivity contribution in [2.24, 2.45) is 11.8 Å². The number of phenolic OH excluding ortho intramolecular Hbond substituents is 2. The number of hydrogen-bond acceptors (Lipinski definition) is 6. The molecule has 7 nitrogen and oxygen atoms in total. The zero-order valence-corrected chi connectivity index (χ0v) is 14.8. The summed E-state index contributed by atoms with van der Waals surface area (Å²) < 4.78 is 7.02. The van der Waals surface area contributed by atoms with Crippen molar-refractivity contribution < 1.29 is 19.7 Å². The molecule has 0 spiro atoms. The Kier molecular flexibility index (Phi) is 4.11. The summed E-state index contributed by atoms with van der Waals surface area (Å²) >= 11 is 6.20. The summed E-state index contributed by atoms with van der Waals surface area (Å²) in [6.07, 6.45) is 7.26. The number of rotatable bonds is 0. The number of benzene rings is 1. The molecule has 1 aliphatic heterocycles. The summed E-state index contributed by atoms with van der Waals surface area (Å²) in [7, 11) is 0. The van der Waals surface area contributed by atoms with Gasteiger partial charge in [-0.3, -0.25) is 0 Å². The van der Waals surface area contributed by atoms with Crippen LogP contribution < -0.4 is 0 Å². The maximum Gasteiger partial charge on any atom is 0.342 e. The molecule has 3 atom stereocenters. The van der Waals surface area contributed by atoms with Crippen molar-refractivity contribution in [2.75, 3.05) is 0 Å². The lowest BCUT2D eigenvalue weighted by molar-refractivity contribution is 0.0307. The van der Waals surface area contributed by atoms with Crippen molar-refractivity contribution in [3.63, 3.8) is 0 Å². The predicted molar refractivity (Wildman–Crippen MR) is 94.0 cm³/mol. The lowest BCUT2D eigenvalue weighted by Gasteiger charge is -2.17. The average Bonchev–Trinajstić information content (AvgIpc) is 3.14. The Morgan fingerprint density at radius 1 is 1.31 bits per heavy atom. The number of halogens is 1. The van der Waals surface area contributed by atoms with E-state index in [-0.39, 0.29) is 40.3 Å². The number of ether oxygens (including phenoxy) is 1. The van der Waals surface area contributed by atoms with Gasteiger partial charge in [-0.1, -0.05) is 22.9 Å². The van der Waals surface area contributed by atoms with Crippen molar-refractivity contribution >= 4 is 23.6 Å². The van der Waals surface area contributed by atoms with E-state index in [4.69, 9.17) is 16.3 Å². The number of allylic oxidation sites excluding steroid dienone is 1. The van der Waals surface area contributed by atoms with Gasteiger partial charge in [-0.2, -0.15) is 0 Å². The molecule has 8 heteroatoms. The van der Waals surface area contributed by atoms with Gasteiger partial charge in [0.15, 0.2) is 0 Å². The van der Waals surface area contributed by atoms with Crippen LogP contribution in [0.5, 0.6) is 11.5 Å². The molecule has 2 aromatic rings. The van der Waals surface area contributed by atoms with Crippen LogP contribution in [0.15, 0.2) is 18.3 Å². The first-order chi connectivity index (χ1) is 12.4. The number of aromatic nitrogens is 3. The fraction of sp³-hybridized carbons (Fsp3) is 0.389. The van der Waals surface area contributed by atoms with E-state index in [0.717, 1.165) is 18.9 Å². The summed E-state index contributed by atoms with van der Waals surface area (Å²) in [6, 6.07) is 1.04. The first kappa shape index (κ1) is 16.9. The Hall–Kier alpha value is -2.54. The monoisotopic (exact) mass is 375 g/mol. The average molecular weight is 376 g/mol. The van der Waals surface area contributed by atoms with Gasteiger partial charge in [0, 0.05) is 11.6 Å². The Labute approximate surface area is 154 Å². The molecule has 2 bridgehead atoms. The number of fused-ring (bicyclic) bond motifs is 4. The minimum Gasteiger partial charge on any atom is -0.507 e. The van der Waals surface area contributed by atoms with Gasteiger partial charge in [0.1, 0.15) is 22.8 Å². The normalized spacial score (nSPS) is 26.2. The molecule has 26 heavy (non-hydrogen) atoms. The van der Waals surface area contributed by atoms with E-state index in [1.54, 1.807) is 6.20 Å². The molecule has 0 amide bonds. The molecule has 4 rings (SSSR count). The summed E-state index contributed by atoms with van der Waals surface area (Å²) in [5.74, 6) is -0.446. The van der Waals surface area contributed by atoms with Gasteiger partial charge in [-0.25, -0.2) is 9.48 Å². The molecule has 2 heterocycles. The fourth-order valence-electron chi connectivity index (χ4n) is 3.41. The number of phenols is 2. The number of carbonyl (C=O) groups is 1. The molecule has 0 saturated heterocycles. The summed E-state index contributed by atoms with van der Waals surface area (Å²) in [4.78, 5) is 12.7. The number of esters is 1. The molecule has 1 aromatic carbocycles. The number of nitrogens with zero attached hydrogens (tertiary/aromatic N) is 3. The van der Waals surface area contributed by atoms with Crippen LogP contribution in [0.4, 0.5) is 0 Å². The number of hydrogen-bond donors (Lipinski definition) is 2. The third-order valence-corrected chi connectivity index (χ3v) is 5.26. The molecule has 1 saturated carbocycles. The fourth-order valence-corrected chi connectivity index (χ4v) is 3.61. The number of aromatic hydroxyl groups is 2. The van der Waals surface area contributed by atoms with Crippen LogP contribution in [0.3, 0.4) is 0 Å². The molecule has 1 fully saturated rings. The van der Waals surface area contributed by atoms with Crippen LogP contribution in [0, 0.1) is 11.8 Å². The van der Waals surface area contributed by atoms with Crippen LogP contribution in [0.1, 0.15) is 41.4 Å². The van der Waals surface area contributed by atoms with Gasteiger partial charge < -0.3 is 14.9 Å². The SMILES string of the molecule is C[C@@H]1C[C@H]2C[C@@H]2/C=C\c2cn(nn2)Cc2c(Cl)c(O)cc(O)c2C(=O)O1. The molecule has 0 radical (unpaired) electrons. The van der Waals surface area contributed by atoms with E-state index < -0.39 is 5.97 Å². The zero-order chi connectivity index (χ0) is 18.4. The molecule has 2 aliphatic rings. The van der Waals surface area contributed by atoms with Crippen molar-refractivity contribution in [2.45, 2.75) is 32.4 Å². The second kappa shape index (κ2) is 6.32. The Morgan fingerprint density at radius 3 is 2.92 bits per heavy atom. The van der Waals surface area contributed by atoms with Gasteiger partial charge >= 0.3 is 5.97 Å². The van der Waals surface area contributed by atoms with E-state index in [9.17, 15) is 15.0 Å². The Balaban J connectivity index is 1.80. The van der Waals surface area contributed by atoms with Crippen LogP contribution in [-0.2, 0) is 11.3 Å². The number of cyclic esters (lactones) is 1. The minimum atomic E-state index is -0.669. The minimum absolute atomic E-state index is 0.0238. The topological polar surface area (TPSA) is 97.5 Å². The first-order valence-electron chi connectivity index (χ1n) is 8.45. The lowest BCUT2D eigenvalue weighted by Crippen LogP contribution is -2.18. The van der Waals surface area contributed by atoms with Crippen LogP contribution in [-0.4, -0.2) is 37.3 Å². The standard InChI is InChI=1S/C18H18ClN3O4/c1-9-4-11-5-10(11)2-3-12-7-22(21-20-12)8-13-16(18(25)26-9)14(23)6-15(24)17(13)19/h2-3,6-7,9-11,23-24H,4-5,8H2,1H3/b3-2-/t9-,10+,11+/m1/s1. The highest BCUT2D eigenvalue weighted by molar-refractivity contribution is 6.33. The molecule has 1 aromatic heterocycles. The Morgan fingerprint density at radius 2 is 2.12 bits per heavy atom. The molecular formula is C18H18ClN3O4. The summed E-state index contributed by atoms with van der Waals surface area (Å²) in [5.41, 5.74) is 0.880. The van der Waals surface area contributed by atoms with Crippen molar-refractivity contribution in [3.05, 3.63) is 40.2 Å². The second-order valence-corrected chi connectivity index (χ2v) is 7.27. The van der Waals surface area contributed by atoms with E-state index in [2.05, 4.69) is 16.4 Å². The van der Waals surface area contributed by atoms with Gasteiger partial charge in [0.2, 0.25) is 0 Å². The summed E-state index contributed by atoms with van der Waals surface area (Å²) in [6.45, 7) is 1.90. The second-order valence-electron chi connectivity index (χ2n) is 6.89. The molecule has 0 unspecified atom stereocenters. The number of carbonyl (C=O) groups excluding carboxylic acids is 1. The van der Waals surface area contributed by atoms with Crippen LogP contribution >= 0.6 is 11.6 Å². The summed E-state index contributed by atoms with van der Waals surface area (Å²) in [5, 5.41) is 28.3. The van der Waals surface area contributed by atoms with Crippen molar-refractivity contribution in [1.82, 2.24) is 15.0 Å². The zero-order valence-electron chi connectivity index (χ0n) is 14.1. The van der Waals surface area contributed by atoms with E-state index >= 15 is 0 Å². The molecule has 1 aliphatic carbocycles. The molecule has 2 N–H and O–H groups in total. The van der Waals surface area contributed by atoms with Gasteiger partial charge in [-0.15, -0.1) is 5.10 Å². The lowest BCUT2D eigenvalue weighted by atomic mass is 10.0. The van der Waals surface area contributed by atoms with E-state index in [0.29, 0.717) is 17.5 Å². The maximum absolute atomic E-state index is 12.7. The Bertz CT molecular complexity index is 908. The van der Waals surface area contributed by atoms with E-state index in [1.807, 2.05) is 13.0 Å². The molecular weight excluding hydrogens is 358 g/mol. The van der Waals surface area contributed by atoms with Crippen molar-refractivity contribution in [3.8, 4) is 11.5 Å². The highest BCUT2D eigenvalue weighted by atomic mass is 35.5.